The number of hydrogen-bond acceptors (Lipinski definition) is 4. The molecular weight excluding hydrogens is 228 g/mol. The van der Waals surface area contributed by atoms with Crippen LogP contribution in [0.1, 0.15) is 39.0 Å². The third kappa shape index (κ3) is 5.49. The highest BCUT2D eigenvalue weighted by molar-refractivity contribution is 7.91. The molecule has 1 heterocycles. The van der Waals surface area contributed by atoms with Gasteiger partial charge in [0, 0.05) is 6.92 Å². The van der Waals surface area contributed by atoms with Gasteiger partial charge in [-0.25, -0.2) is 8.42 Å². The zero-order valence-corrected chi connectivity index (χ0v) is 10.6. The summed E-state index contributed by atoms with van der Waals surface area (Å²) >= 11 is 0. The Hall–Kier alpha value is -0.580. The number of rotatable bonds is 5. The molecule has 0 spiro atoms. The van der Waals surface area contributed by atoms with Gasteiger partial charge in [-0.05, 0) is 31.6 Å². The molecule has 4 nitrogen and oxygen atoms in total. The van der Waals surface area contributed by atoms with Gasteiger partial charge in [0.25, 0.3) is 0 Å². The standard InChI is InChI=1S/C11H20O4S/c1-10(12)15-7-3-2-4-11-5-8-16(13,14)9-6-11/h11H,2-9H2,1H3. The molecule has 0 atom stereocenters. The van der Waals surface area contributed by atoms with Gasteiger partial charge in [-0.2, -0.15) is 0 Å². The fraction of sp³-hybridized carbons (Fsp3) is 0.909. The highest BCUT2D eigenvalue weighted by Gasteiger charge is 2.22. The van der Waals surface area contributed by atoms with E-state index in [1.807, 2.05) is 0 Å². The number of carbonyl (C=O) groups is 1. The lowest BCUT2D eigenvalue weighted by atomic mass is 9.96. The Labute approximate surface area is 97.3 Å². The van der Waals surface area contributed by atoms with Crippen LogP contribution in [0.5, 0.6) is 0 Å². The van der Waals surface area contributed by atoms with E-state index in [2.05, 4.69) is 0 Å². The predicted molar refractivity (Wildman–Crippen MR) is 61.9 cm³/mol. The van der Waals surface area contributed by atoms with Gasteiger partial charge < -0.3 is 4.74 Å². The van der Waals surface area contributed by atoms with Crippen molar-refractivity contribution in [2.45, 2.75) is 39.0 Å². The van der Waals surface area contributed by atoms with E-state index >= 15 is 0 Å². The van der Waals surface area contributed by atoms with E-state index in [9.17, 15) is 13.2 Å². The summed E-state index contributed by atoms with van der Waals surface area (Å²) in [5, 5.41) is 0. The van der Waals surface area contributed by atoms with Crippen LogP contribution in [0.15, 0.2) is 0 Å². The minimum Gasteiger partial charge on any atom is -0.466 e. The Morgan fingerprint density at radius 3 is 2.44 bits per heavy atom. The second-order valence-corrected chi connectivity index (χ2v) is 6.73. The Morgan fingerprint density at radius 1 is 1.25 bits per heavy atom. The monoisotopic (exact) mass is 248 g/mol. The van der Waals surface area contributed by atoms with E-state index in [0.717, 1.165) is 32.1 Å². The van der Waals surface area contributed by atoms with Gasteiger partial charge in [0.05, 0.1) is 18.1 Å². The number of esters is 1. The molecule has 1 saturated heterocycles. The summed E-state index contributed by atoms with van der Waals surface area (Å²) in [6.45, 7) is 1.90. The summed E-state index contributed by atoms with van der Waals surface area (Å²) < 4.78 is 27.2. The molecule has 0 saturated carbocycles. The fourth-order valence-electron chi connectivity index (χ4n) is 1.98. The maximum Gasteiger partial charge on any atom is 0.302 e. The maximum absolute atomic E-state index is 11.2. The largest absolute Gasteiger partial charge is 0.466 e. The zero-order chi connectivity index (χ0) is 12.0. The Morgan fingerprint density at radius 2 is 1.88 bits per heavy atom. The lowest BCUT2D eigenvalue weighted by molar-refractivity contribution is -0.141. The molecule has 16 heavy (non-hydrogen) atoms. The summed E-state index contributed by atoms with van der Waals surface area (Å²) in [6.07, 6.45) is 4.55. The second-order valence-electron chi connectivity index (χ2n) is 4.43. The van der Waals surface area contributed by atoms with Crippen LogP contribution in [0, 0.1) is 5.92 Å². The molecule has 0 aromatic rings. The molecule has 0 radical (unpaired) electrons. The molecule has 0 bridgehead atoms. The lowest BCUT2D eigenvalue weighted by Gasteiger charge is -2.21. The summed E-state index contributed by atoms with van der Waals surface area (Å²) in [4.78, 5) is 10.5. The minimum absolute atomic E-state index is 0.233. The van der Waals surface area contributed by atoms with Crippen LogP contribution in [0.2, 0.25) is 0 Å². The molecule has 0 aliphatic carbocycles. The maximum atomic E-state index is 11.2. The third-order valence-electron chi connectivity index (χ3n) is 2.99. The molecule has 0 aromatic heterocycles. The van der Waals surface area contributed by atoms with Crippen LogP contribution in [-0.4, -0.2) is 32.5 Å². The predicted octanol–water partition coefficient (Wildman–Crippen LogP) is 1.54. The zero-order valence-electron chi connectivity index (χ0n) is 9.78. The third-order valence-corrected chi connectivity index (χ3v) is 4.70. The number of hydrogen-bond donors (Lipinski definition) is 0. The SMILES string of the molecule is CC(=O)OCCCCC1CCS(=O)(=O)CC1. The molecule has 1 rings (SSSR count). The van der Waals surface area contributed by atoms with Crippen LogP contribution >= 0.6 is 0 Å². The van der Waals surface area contributed by atoms with Crippen molar-refractivity contribution in [3.63, 3.8) is 0 Å². The Bertz CT molecular complexity index is 307. The van der Waals surface area contributed by atoms with Crippen molar-refractivity contribution in [1.82, 2.24) is 0 Å². The van der Waals surface area contributed by atoms with E-state index in [1.54, 1.807) is 0 Å². The van der Waals surface area contributed by atoms with Crippen LogP contribution in [0.4, 0.5) is 0 Å². The average Bonchev–Trinajstić information content (AvgIpc) is 2.19. The number of ether oxygens (including phenoxy) is 1. The second kappa shape index (κ2) is 6.23. The molecule has 0 N–H and O–H groups in total. The molecule has 1 aliphatic heterocycles. The highest BCUT2D eigenvalue weighted by atomic mass is 32.2. The molecule has 94 valence electrons. The van der Waals surface area contributed by atoms with Gasteiger partial charge in [-0.3, -0.25) is 4.79 Å². The van der Waals surface area contributed by atoms with E-state index < -0.39 is 9.84 Å². The van der Waals surface area contributed by atoms with Crippen molar-refractivity contribution in [3.8, 4) is 0 Å². The van der Waals surface area contributed by atoms with Crippen molar-refractivity contribution in [2.24, 2.45) is 5.92 Å². The highest BCUT2D eigenvalue weighted by Crippen LogP contribution is 2.23. The molecular formula is C11H20O4S. The molecule has 0 unspecified atom stereocenters. The molecule has 0 aromatic carbocycles. The Kier molecular flexibility index (Phi) is 5.25. The lowest BCUT2D eigenvalue weighted by Crippen LogP contribution is -2.23. The van der Waals surface area contributed by atoms with Gasteiger partial charge >= 0.3 is 5.97 Å². The number of carbonyl (C=O) groups excluding carboxylic acids is 1. The number of sulfone groups is 1. The van der Waals surface area contributed by atoms with Gasteiger partial charge in [-0.15, -0.1) is 0 Å². The minimum atomic E-state index is -2.73. The van der Waals surface area contributed by atoms with E-state index in [1.165, 1.54) is 6.92 Å². The first kappa shape index (κ1) is 13.5. The van der Waals surface area contributed by atoms with Crippen LogP contribution in [0.3, 0.4) is 0 Å². The van der Waals surface area contributed by atoms with Gasteiger partial charge in [0.1, 0.15) is 9.84 Å². The Balaban J connectivity index is 2.04. The fourth-order valence-corrected chi connectivity index (χ4v) is 3.57. The smallest absolute Gasteiger partial charge is 0.302 e. The number of unbranched alkanes of at least 4 members (excludes halogenated alkanes) is 1. The van der Waals surface area contributed by atoms with Crippen molar-refractivity contribution >= 4 is 15.8 Å². The molecule has 1 aliphatic rings. The van der Waals surface area contributed by atoms with Crippen molar-refractivity contribution in [2.75, 3.05) is 18.1 Å². The quantitative estimate of drug-likeness (QED) is 0.547. The molecule has 0 amide bonds. The van der Waals surface area contributed by atoms with Gasteiger partial charge in [0.15, 0.2) is 0 Å². The normalized spacial score (nSPS) is 20.6. The summed E-state index contributed by atoms with van der Waals surface area (Å²) in [6, 6.07) is 0. The van der Waals surface area contributed by atoms with E-state index in [-0.39, 0.29) is 5.97 Å². The first-order valence-corrected chi connectivity index (χ1v) is 7.65. The van der Waals surface area contributed by atoms with Crippen LogP contribution in [-0.2, 0) is 19.4 Å². The van der Waals surface area contributed by atoms with E-state index in [0.29, 0.717) is 24.0 Å². The van der Waals surface area contributed by atoms with Crippen molar-refractivity contribution in [3.05, 3.63) is 0 Å². The topological polar surface area (TPSA) is 60.4 Å². The molecule has 1 fully saturated rings. The first-order valence-electron chi connectivity index (χ1n) is 5.83. The average molecular weight is 248 g/mol. The van der Waals surface area contributed by atoms with Crippen LogP contribution < -0.4 is 0 Å². The summed E-state index contributed by atoms with van der Waals surface area (Å²) in [7, 11) is -2.73. The van der Waals surface area contributed by atoms with Gasteiger partial charge in [-0.1, -0.05) is 6.42 Å². The summed E-state index contributed by atoms with van der Waals surface area (Å²) in [5.41, 5.74) is 0. The van der Waals surface area contributed by atoms with Crippen molar-refractivity contribution in [1.29, 1.82) is 0 Å². The molecule has 5 heteroatoms. The van der Waals surface area contributed by atoms with E-state index in [4.69, 9.17) is 4.74 Å². The first-order chi connectivity index (χ1) is 7.49. The summed E-state index contributed by atoms with van der Waals surface area (Å²) in [5.74, 6) is 1.01. The van der Waals surface area contributed by atoms with Crippen LogP contribution in [0.25, 0.3) is 0 Å². The van der Waals surface area contributed by atoms with Gasteiger partial charge in [0.2, 0.25) is 0 Å². The van der Waals surface area contributed by atoms with Crippen molar-refractivity contribution < 1.29 is 17.9 Å².